The van der Waals surface area contributed by atoms with Gasteiger partial charge in [-0.15, -0.1) is 0 Å². The molecule has 1 unspecified atom stereocenters. The maximum Gasteiger partial charge on any atom is 0.0826 e. The third-order valence-electron chi connectivity index (χ3n) is 3.88. The minimum atomic E-state index is 0.344. The van der Waals surface area contributed by atoms with Crippen LogP contribution in [0.4, 0.5) is 0 Å². The molecule has 0 spiro atoms. The van der Waals surface area contributed by atoms with E-state index < -0.39 is 0 Å². The predicted molar refractivity (Wildman–Crippen MR) is 80.2 cm³/mol. The molecule has 0 bridgehead atoms. The van der Waals surface area contributed by atoms with Gasteiger partial charge in [0.05, 0.1) is 12.7 Å². The molecule has 1 heterocycles. The first-order valence-corrected chi connectivity index (χ1v) is 7.92. The number of hydrogen-bond donors (Lipinski definition) is 1. The SMILES string of the molecule is Brc1ccccc1CNCC1CN(C2CC2)CCO1. The van der Waals surface area contributed by atoms with Gasteiger partial charge >= 0.3 is 0 Å². The Hall–Kier alpha value is -0.420. The van der Waals surface area contributed by atoms with Crippen LogP contribution in [0.2, 0.25) is 0 Å². The second kappa shape index (κ2) is 6.35. The first-order chi connectivity index (χ1) is 9.33. The third kappa shape index (κ3) is 3.78. The van der Waals surface area contributed by atoms with Gasteiger partial charge in [-0.1, -0.05) is 34.1 Å². The molecule has 1 N–H and O–H groups in total. The van der Waals surface area contributed by atoms with E-state index >= 15 is 0 Å². The molecular formula is C15H21BrN2O. The van der Waals surface area contributed by atoms with E-state index in [0.717, 1.165) is 38.8 Å². The molecule has 0 amide bonds. The Balaban J connectivity index is 1.43. The molecule has 3 rings (SSSR count). The van der Waals surface area contributed by atoms with Crippen LogP contribution in [0, 0.1) is 0 Å². The number of nitrogens with zero attached hydrogens (tertiary/aromatic N) is 1. The molecule has 1 aliphatic heterocycles. The van der Waals surface area contributed by atoms with E-state index in [0.29, 0.717) is 6.10 Å². The summed E-state index contributed by atoms with van der Waals surface area (Å²) in [5, 5.41) is 3.51. The van der Waals surface area contributed by atoms with Gasteiger partial charge < -0.3 is 10.1 Å². The lowest BCUT2D eigenvalue weighted by Gasteiger charge is -2.33. The summed E-state index contributed by atoms with van der Waals surface area (Å²) >= 11 is 3.58. The molecule has 1 aromatic rings. The van der Waals surface area contributed by atoms with Crippen LogP contribution in [0.5, 0.6) is 0 Å². The number of rotatable bonds is 5. The Labute approximate surface area is 123 Å². The van der Waals surface area contributed by atoms with Crippen molar-refractivity contribution in [2.24, 2.45) is 0 Å². The van der Waals surface area contributed by atoms with Gasteiger partial charge in [-0.2, -0.15) is 0 Å². The number of morpholine rings is 1. The van der Waals surface area contributed by atoms with Crippen LogP contribution < -0.4 is 5.32 Å². The van der Waals surface area contributed by atoms with Gasteiger partial charge in [0.1, 0.15) is 0 Å². The van der Waals surface area contributed by atoms with E-state index in [1.54, 1.807) is 0 Å². The van der Waals surface area contributed by atoms with Gasteiger partial charge in [0.2, 0.25) is 0 Å². The Morgan fingerprint density at radius 2 is 2.16 bits per heavy atom. The molecular weight excluding hydrogens is 304 g/mol. The average molecular weight is 325 g/mol. The molecule has 0 radical (unpaired) electrons. The Morgan fingerprint density at radius 3 is 2.95 bits per heavy atom. The normalized spacial score (nSPS) is 24.6. The highest BCUT2D eigenvalue weighted by molar-refractivity contribution is 9.10. The maximum atomic E-state index is 5.84. The van der Waals surface area contributed by atoms with Crippen LogP contribution in [0.15, 0.2) is 28.7 Å². The van der Waals surface area contributed by atoms with Crippen molar-refractivity contribution >= 4 is 15.9 Å². The van der Waals surface area contributed by atoms with Crippen LogP contribution >= 0.6 is 15.9 Å². The number of halogens is 1. The smallest absolute Gasteiger partial charge is 0.0826 e. The number of ether oxygens (including phenoxy) is 1. The highest BCUT2D eigenvalue weighted by atomic mass is 79.9. The van der Waals surface area contributed by atoms with E-state index in [1.807, 2.05) is 6.07 Å². The first kappa shape index (κ1) is 13.6. The molecule has 1 atom stereocenters. The number of nitrogens with one attached hydrogen (secondary N) is 1. The summed E-state index contributed by atoms with van der Waals surface area (Å²) in [6, 6.07) is 9.21. The summed E-state index contributed by atoms with van der Waals surface area (Å²) in [5.74, 6) is 0. The zero-order chi connectivity index (χ0) is 13.1. The van der Waals surface area contributed by atoms with Gasteiger partial charge in [0.25, 0.3) is 0 Å². The molecule has 4 heteroatoms. The van der Waals surface area contributed by atoms with Gasteiger partial charge in [-0.05, 0) is 24.5 Å². The fraction of sp³-hybridized carbons (Fsp3) is 0.600. The van der Waals surface area contributed by atoms with Crippen LogP contribution in [0.1, 0.15) is 18.4 Å². The third-order valence-corrected chi connectivity index (χ3v) is 4.65. The van der Waals surface area contributed by atoms with Crippen molar-refractivity contribution in [3.05, 3.63) is 34.3 Å². The molecule has 19 heavy (non-hydrogen) atoms. The molecule has 2 fully saturated rings. The van der Waals surface area contributed by atoms with Crippen molar-refractivity contribution in [2.75, 3.05) is 26.2 Å². The minimum absolute atomic E-state index is 0.344. The maximum absolute atomic E-state index is 5.84. The summed E-state index contributed by atoms with van der Waals surface area (Å²) in [6.07, 6.45) is 3.12. The van der Waals surface area contributed by atoms with Crippen LogP contribution in [-0.2, 0) is 11.3 Å². The molecule has 1 aromatic carbocycles. The van der Waals surface area contributed by atoms with E-state index in [1.165, 1.54) is 22.9 Å². The molecule has 3 nitrogen and oxygen atoms in total. The van der Waals surface area contributed by atoms with E-state index in [2.05, 4.69) is 44.3 Å². The molecule has 1 aliphatic carbocycles. The topological polar surface area (TPSA) is 24.5 Å². The summed E-state index contributed by atoms with van der Waals surface area (Å²) in [6.45, 7) is 4.92. The summed E-state index contributed by atoms with van der Waals surface area (Å²) in [5.41, 5.74) is 1.30. The predicted octanol–water partition coefficient (Wildman–Crippen LogP) is 2.40. The quantitative estimate of drug-likeness (QED) is 0.900. The molecule has 1 saturated heterocycles. The standard InChI is InChI=1S/C15H21BrN2O/c16-15-4-2-1-3-12(15)9-17-10-14-11-18(7-8-19-14)13-5-6-13/h1-4,13-14,17H,5-11H2. The fourth-order valence-electron chi connectivity index (χ4n) is 2.65. The lowest BCUT2D eigenvalue weighted by Crippen LogP contribution is -2.47. The Kier molecular flexibility index (Phi) is 4.53. The fourth-order valence-corrected chi connectivity index (χ4v) is 3.07. The first-order valence-electron chi connectivity index (χ1n) is 7.13. The number of hydrogen-bond acceptors (Lipinski definition) is 3. The molecule has 0 aromatic heterocycles. The van der Waals surface area contributed by atoms with E-state index in [-0.39, 0.29) is 0 Å². The van der Waals surface area contributed by atoms with Gasteiger partial charge in [-0.3, -0.25) is 4.90 Å². The highest BCUT2D eigenvalue weighted by Crippen LogP contribution is 2.28. The monoisotopic (exact) mass is 324 g/mol. The summed E-state index contributed by atoms with van der Waals surface area (Å²) < 4.78 is 7.01. The summed E-state index contributed by atoms with van der Waals surface area (Å²) in [4.78, 5) is 2.59. The van der Waals surface area contributed by atoms with Gasteiger partial charge in [0.15, 0.2) is 0 Å². The number of benzene rings is 1. The van der Waals surface area contributed by atoms with Gasteiger partial charge in [0, 0.05) is 36.7 Å². The molecule has 104 valence electrons. The van der Waals surface area contributed by atoms with Crippen molar-refractivity contribution < 1.29 is 4.74 Å². The lowest BCUT2D eigenvalue weighted by atomic mass is 10.2. The highest BCUT2D eigenvalue weighted by Gasteiger charge is 2.32. The lowest BCUT2D eigenvalue weighted by molar-refractivity contribution is -0.0301. The van der Waals surface area contributed by atoms with Gasteiger partial charge in [-0.25, -0.2) is 0 Å². The Morgan fingerprint density at radius 1 is 1.32 bits per heavy atom. The zero-order valence-corrected chi connectivity index (χ0v) is 12.7. The minimum Gasteiger partial charge on any atom is -0.374 e. The molecule has 2 aliphatic rings. The average Bonchev–Trinajstić information content (AvgIpc) is 3.26. The van der Waals surface area contributed by atoms with E-state index in [4.69, 9.17) is 4.74 Å². The molecule has 1 saturated carbocycles. The van der Waals surface area contributed by atoms with Crippen LogP contribution in [0.25, 0.3) is 0 Å². The largest absolute Gasteiger partial charge is 0.374 e. The Bertz CT molecular complexity index is 422. The van der Waals surface area contributed by atoms with Crippen molar-refractivity contribution in [3.8, 4) is 0 Å². The van der Waals surface area contributed by atoms with Crippen molar-refractivity contribution in [1.82, 2.24) is 10.2 Å². The second-order valence-corrected chi connectivity index (χ2v) is 6.30. The van der Waals surface area contributed by atoms with Crippen molar-refractivity contribution in [2.45, 2.75) is 31.5 Å². The summed E-state index contributed by atoms with van der Waals surface area (Å²) in [7, 11) is 0. The van der Waals surface area contributed by atoms with Crippen molar-refractivity contribution in [1.29, 1.82) is 0 Å². The van der Waals surface area contributed by atoms with E-state index in [9.17, 15) is 0 Å². The second-order valence-electron chi connectivity index (χ2n) is 5.44. The van der Waals surface area contributed by atoms with Crippen molar-refractivity contribution in [3.63, 3.8) is 0 Å². The van der Waals surface area contributed by atoms with Crippen LogP contribution in [-0.4, -0.2) is 43.3 Å². The zero-order valence-electron chi connectivity index (χ0n) is 11.1. The van der Waals surface area contributed by atoms with Crippen LogP contribution in [0.3, 0.4) is 0 Å².